The Balaban J connectivity index is 1.47. The third-order valence-corrected chi connectivity index (χ3v) is 7.07. The number of imidazole rings is 1. The van der Waals surface area contributed by atoms with Crippen molar-refractivity contribution in [3.05, 3.63) is 70.6 Å². The largest absolute Gasteiger partial charge is 0.341 e. The highest BCUT2D eigenvalue weighted by Gasteiger charge is 2.37. The zero-order chi connectivity index (χ0) is 19.3. The first kappa shape index (κ1) is 18.1. The quantitative estimate of drug-likeness (QED) is 0.595. The molecule has 28 heavy (non-hydrogen) atoms. The summed E-state index contributed by atoms with van der Waals surface area (Å²) in [6.45, 7) is 5.29. The normalized spacial score (nSPS) is 23.0. The third-order valence-electron chi connectivity index (χ3n) is 5.56. The van der Waals surface area contributed by atoms with Crippen LogP contribution < -0.4 is 0 Å². The van der Waals surface area contributed by atoms with E-state index in [1.807, 2.05) is 30.8 Å². The number of rotatable bonds is 3. The van der Waals surface area contributed by atoms with Gasteiger partial charge in [-0.1, -0.05) is 53.7 Å². The summed E-state index contributed by atoms with van der Waals surface area (Å²) in [7, 11) is 0. The Hall–Kier alpha value is -1.95. The number of nitrogens with zero attached hydrogens (tertiary/aromatic N) is 3. The fourth-order valence-electron chi connectivity index (χ4n) is 4.09. The van der Waals surface area contributed by atoms with Gasteiger partial charge in [-0.3, -0.25) is 5.01 Å². The predicted octanol–water partition coefficient (Wildman–Crippen LogP) is 5.77. The van der Waals surface area contributed by atoms with Crippen molar-refractivity contribution in [3.8, 4) is 0 Å². The fraction of sp³-hybridized carbons (Fsp3) is 0.318. The fourth-order valence-corrected chi connectivity index (χ4v) is 5.27. The number of benzene rings is 2. The molecule has 1 aromatic heterocycles. The lowest BCUT2D eigenvalue weighted by Gasteiger charge is -2.34. The summed E-state index contributed by atoms with van der Waals surface area (Å²) >= 11 is 8.16. The van der Waals surface area contributed by atoms with E-state index in [4.69, 9.17) is 16.6 Å². The number of nitrogens with one attached hydrogen (secondary N) is 1. The average molecular weight is 410 g/mol. The molecule has 2 atom stereocenters. The van der Waals surface area contributed by atoms with Crippen molar-refractivity contribution >= 4 is 39.3 Å². The summed E-state index contributed by atoms with van der Waals surface area (Å²) in [5.41, 5.74) is 4.29. The number of fused-ring (bicyclic) bond motifs is 1. The first-order chi connectivity index (χ1) is 13.6. The molecule has 0 spiro atoms. The first-order valence-electron chi connectivity index (χ1n) is 9.68. The number of halogens is 1. The third kappa shape index (κ3) is 3.02. The smallest absolute Gasteiger partial charge is 0.126 e. The molecule has 0 saturated carbocycles. The zero-order valence-corrected chi connectivity index (χ0v) is 17.5. The summed E-state index contributed by atoms with van der Waals surface area (Å²) < 4.78 is 0. The SMILES string of the molecule is Cc1c(Cl)ccc2[nH]c(C3CCCN3N3[C]=C(c4ccccc4)SC3C)nc12. The van der Waals surface area contributed by atoms with E-state index in [9.17, 15) is 0 Å². The van der Waals surface area contributed by atoms with E-state index in [1.54, 1.807) is 0 Å². The van der Waals surface area contributed by atoms with Gasteiger partial charge in [-0.2, -0.15) is 0 Å². The monoisotopic (exact) mass is 409 g/mol. The van der Waals surface area contributed by atoms with E-state index in [1.165, 1.54) is 10.5 Å². The van der Waals surface area contributed by atoms with Crippen molar-refractivity contribution in [3.63, 3.8) is 0 Å². The van der Waals surface area contributed by atoms with E-state index in [2.05, 4.69) is 58.5 Å². The minimum atomic E-state index is 0.233. The standard InChI is InChI=1S/C22H22ClN4S/c1-14-17(23)10-11-18-21(14)25-22(24-18)19-9-6-12-26(19)27-13-20(28-15(27)2)16-7-4-3-5-8-16/h3-5,7-8,10-11,15,19H,6,9,12H2,1-2H3,(H,24,25). The van der Waals surface area contributed by atoms with Gasteiger partial charge < -0.3 is 4.98 Å². The number of aromatic nitrogens is 2. The number of hydrogen-bond donors (Lipinski definition) is 1. The van der Waals surface area contributed by atoms with Crippen LogP contribution in [0.15, 0.2) is 42.5 Å². The predicted molar refractivity (Wildman–Crippen MR) is 117 cm³/mol. The van der Waals surface area contributed by atoms with Crippen LogP contribution in [0.4, 0.5) is 0 Å². The highest BCUT2D eigenvalue weighted by atomic mass is 35.5. The molecular weight excluding hydrogens is 388 g/mol. The van der Waals surface area contributed by atoms with Gasteiger partial charge in [0.05, 0.1) is 28.6 Å². The van der Waals surface area contributed by atoms with Crippen LogP contribution in [-0.4, -0.2) is 31.9 Å². The Labute approximate surface area is 174 Å². The van der Waals surface area contributed by atoms with Gasteiger partial charge in [-0.05, 0) is 49.9 Å². The van der Waals surface area contributed by atoms with E-state index in [-0.39, 0.29) is 6.04 Å². The highest BCUT2D eigenvalue weighted by Crippen LogP contribution is 2.43. The van der Waals surface area contributed by atoms with E-state index in [0.717, 1.165) is 46.8 Å². The molecule has 1 radical (unpaired) electrons. The van der Waals surface area contributed by atoms with Gasteiger partial charge >= 0.3 is 0 Å². The Bertz CT molecular complexity index is 1050. The lowest BCUT2D eigenvalue weighted by molar-refractivity contribution is -0.00548. The topological polar surface area (TPSA) is 35.2 Å². The van der Waals surface area contributed by atoms with Crippen LogP contribution in [-0.2, 0) is 0 Å². The molecule has 6 heteroatoms. The number of hydrazine groups is 1. The second-order valence-corrected chi connectivity index (χ2v) is 9.11. The van der Waals surface area contributed by atoms with Gasteiger partial charge in [0.25, 0.3) is 0 Å². The Kier molecular flexibility index (Phi) is 4.62. The number of aromatic amines is 1. The van der Waals surface area contributed by atoms with Gasteiger partial charge in [-0.15, -0.1) is 0 Å². The van der Waals surface area contributed by atoms with Crippen LogP contribution in [0.3, 0.4) is 0 Å². The second-order valence-electron chi connectivity index (χ2n) is 7.38. The summed E-state index contributed by atoms with van der Waals surface area (Å²) in [5, 5.41) is 5.78. The van der Waals surface area contributed by atoms with E-state index < -0.39 is 0 Å². The molecule has 3 aromatic rings. The Morgan fingerprint density at radius 1 is 1.21 bits per heavy atom. The number of thioether (sulfide) groups is 1. The van der Waals surface area contributed by atoms with Gasteiger partial charge in [0, 0.05) is 16.5 Å². The Morgan fingerprint density at radius 2 is 2.04 bits per heavy atom. The Morgan fingerprint density at radius 3 is 2.86 bits per heavy atom. The minimum Gasteiger partial charge on any atom is -0.341 e. The number of H-pyrrole nitrogens is 1. The maximum atomic E-state index is 6.29. The molecule has 2 aliphatic heterocycles. The summed E-state index contributed by atoms with van der Waals surface area (Å²) in [5.74, 6) is 1.02. The molecule has 0 bridgehead atoms. The lowest BCUT2D eigenvalue weighted by Crippen LogP contribution is -2.41. The van der Waals surface area contributed by atoms with Gasteiger partial charge in [-0.25, -0.2) is 9.99 Å². The average Bonchev–Trinajstić information content (AvgIpc) is 3.43. The lowest BCUT2D eigenvalue weighted by atomic mass is 10.2. The minimum absolute atomic E-state index is 0.233. The van der Waals surface area contributed by atoms with Crippen molar-refractivity contribution in [2.24, 2.45) is 0 Å². The summed E-state index contributed by atoms with van der Waals surface area (Å²) in [6.07, 6.45) is 5.87. The molecule has 143 valence electrons. The van der Waals surface area contributed by atoms with Crippen molar-refractivity contribution in [2.75, 3.05) is 6.54 Å². The molecule has 1 N–H and O–H groups in total. The van der Waals surface area contributed by atoms with Gasteiger partial charge in [0.2, 0.25) is 0 Å². The van der Waals surface area contributed by atoms with Crippen LogP contribution in [0.25, 0.3) is 15.9 Å². The molecule has 2 aliphatic rings. The van der Waals surface area contributed by atoms with Crippen molar-refractivity contribution in [2.45, 2.75) is 38.1 Å². The molecule has 0 amide bonds. The van der Waals surface area contributed by atoms with Crippen molar-refractivity contribution in [1.29, 1.82) is 0 Å². The molecule has 5 rings (SSSR count). The highest BCUT2D eigenvalue weighted by molar-refractivity contribution is 8.09. The van der Waals surface area contributed by atoms with Crippen molar-refractivity contribution < 1.29 is 0 Å². The van der Waals surface area contributed by atoms with Crippen LogP contribution in [0.1, 0.15) is 42.8 Å². The van der Waals surface area contributed by atoms with Crippen LogP contribution in [0.2, 0.25) is 5.02 Å². The molecule has 4 nitrogen and oxygen atoms in total. The maximum Gasteiger partial charge on any atom is 0.126 e. The number of aryl methyl sites for hydroxylation is 1. The number of hydrogen-bond acceptors (Lipinski definition) is 4. The van der Waals surface area contributed by atoms with Gasteiger partial charge in [0.15, 0.2) is 0 Å². The van der Waals surface area contributed by atoms with E-state index in [0.29, 0.717) is 5.37 Å². The molecule has 3 heterocycles. The first-order valence-corrected chi connectivity index (χ1v) is 10.9. The molecule has 2 unspecified atom stereocenters. The summed E-state index contributed by atoms with van der Waals surface area (Å²) in [6, 6.07) is 14.7. The molecule has 2 aromatic carbocycles. The molecular formula is C22H22ClN4S. The molecule has 0 aliphatic carbocycles. The van der Waals surface area contributed by atoms with Gasteiger partial charge in [0.1, 0.15) is 5.82 Å². The second kappa shape index (κ2) is 7.14. The zero-order valence-electron chi connectivity index (χ0n) is 15.9. The molecule has 1 saturated heterocycles. The maximum absolute atomic E-state index is 6.29. The van der Waals surface area contributed by atoms with Crippen LogP contribution in [0.5, 0.6) is 0 Å². The summed E-state index contributed by atoms with van der Waals surface area (Å²) in [4.78, 5) is 9.67. The van der Waals surface area contributed by atoms with Crippen LogP contribution >= 0.6 is 23.4 Å². The van der Waals surface area contributed by atoms with Crippen LogP contribution in [0, 0.1) is 13.1 Å². The van der Waals surface area contributed by atoms with Crippen molar-refractivity contribution in [1.82, 2.24) is 20.0 Å². The van der Waals surface area contributed by atoms with E-state index >= 15 is 0 Å². The molecule has 1 fully saturated rings.